The van der Waals surface area contributed by atoms with Gasteiger partial charge in [0.2, 0.25) is 0 Å². The second-order valence-corrected chi connectivity index (χ2v) is 54.7. The summed E-state index contributed by atoms with van der Waals surface area (Å²) in [6.45, 7) is 4.79. The fourth-order valence-electron chi connectivity index (χ4n) is 4.99. The molecule has 2 atom stereocenters. The van der Waals surface area contributed by atoms with Crippen LogP contribution in [0.15, 0.2) is 60.7 Å². The van der Waals surface area contributed by atoms with E-state index >= 15 is 0 Å². The Morgan fingerprint density at radius 1 is 0.759 bits per heavy atom. The van der Waals surface area contributed by atoms with Crippen LogP contribution in [-0.4, -0.2) is 5.92 Å². The molecule has 4 heteroatoms. The molecule has 2 aromatic carbocycles. The molecule has 2 aromatic rings. The van der Waals surface area contributed by atoms with Gasteiger partial charge in [-0.3, -0.25) is 0 Å². The van der Waals surface area contributed by atoms with E-state index in [1.165, 1.54) is 28.7 Å². The van der Waals surface area contributed by atoms with E-state index in [0.717, 1.165) is 21.1 Å². The molecule has 0 bridgehead atoms. The molecule has 2 aliphatic rings. The molecule has 0 saturated carbocycles. The summed E-state index contributed by atoms with van der Waals surface area (Å²) in [5.41, 5.74) is 5.67. The van der Waals surface area contributed by atoms with Crippen LogP contribution in [0.25, 0.3) is 12.2 Å². The number of fused-ring (bicyclic) bond motifs is 2. The minimum absolute atomic E-state index is 0.494. The van der Waals surface area contributed by atoms with Crippen molar-refractivity contribution >= 4 is 35.1 Å². The van der Waals surface area contributed by atoms with Crippen LogP contribution >= 0.6 is 17.0 Å². The molecule has 4 rings (SSSR count). The molecular weight excluding hydrogens is 490 g/mol. The summed E-state index contributed by atoms with van der Waals surface area (Å²) in [6.07, 6.45) is 12.7. The quantitative estimate of drug-likeness (QED) is 0.305. The van der Waals surface area contributed by atoms with Gasteiger partial charge in [0.15, 0.2) is 0 Å². The van der Waals surface area contributed by atoms with Gasteiger partial charge < -0.3 is 0 Å². The van der Waals surface area contributed by atoms with Crippen molar-refractivity contribution in [3.05, 3.63) is 82.9 Å². The summed E-state index contributed by atoms with van der Waals surface area (Å²) in [5, 5.41) is 0. The Morgan fingerprint density at radius 2 is 1.28 bits per heavy atom. The Bertz CT molecular complexity index is 947. The van der Waals surface area contributed by atoms with E-state index < -0.39 is 21.5 Å². The maximum atomic E-state index is 7.52. The van der Waals surface area contributed by atoms with E-state index in [1.54, 1.807) is 0 Å². The zero-order valence-corrected chi connectivity index (χ0v) is 22.6. The van der Waals surface area contributed by atoms with Gasteiger partial charge >= 0.3 is 186 Å². The van der Waals surface area contributed by atoms with Crippen LogP contribution < -0.4 is 0 Å². The third-order valence-corrected chi connectivity index (χ3v) is 58.2. The molecule has 0 saturated heterocycles. The van der Waals surface area contributed by atoms with Crippen LogP contribution in [0.4, 0.5) is 0 Å². The summed E-state index contributed by atoms with van der Waals surface area (Å²) in [5.74, 6) is -0.0631. The standard InChI is InChI=1S/C12H13.C11H11.C2H7Si.2ClH.Zr/c1-2-5-10-8-9-11-6-3-4-7-12(10)11;1-2-9-7-8-10-5-3-4-6-11(9)10;1-3-2;;;/h3-4,6-10H,1-2,5H2;3-9H,1-2H2;3H,1-2H3;2*1H;/q;;;;;+2/p-2. The molecular formula is C25H31Cl2SiZr. The van der Waals surface area contributed by atoms with Gasteiger partial charge in [-0.25, -0.2) is 0 Å². The number of halogens is 2. The van der Waals surface area contributed by atoms with E-state index in [0.29, 0.717) is 11.8 Å². The van der Waals surface area contributed by atoms with Gasteiger partial charge in [-0.05, 0) is 0 Å². The molecule has 153 valence electrons. The minimum atomic E-state index is -3.67. The van der Waals surface area contributed by atoms with Crippen molar-refractivity contribution in [2.75, 3.05) is 0 Å². The summed E-state index contributed by atoms with van der Waals surface area (Å²) in [7, 11) is 15.0. The van der Waals surface area contributed by atoms with E-state index in [1.807, 2.05) is 0 Å². The van der Waals surface area contributed by atoms with Crippen LogP contribution in [0, 0.1) is 0 Å². The van der Waals surface area contributed by atoms with Crippen LogP contribution in [0.3, 0.4) is 0 Å². The van der Waals surface area contributed by atoms with Crippen LogP contribution in [0.1, 0.15) is 53.4 Å². The fraction of sp³-hybridized carbons (Fsp3) is 0.360. The van der Waals surface area contributed by atoms with Crippen molar-refractivity contribution in [2.24, 2.45) is 0 Å². The van der Waals surface area contributed by atoms with Crippen molar-refractivity contribution in [3.63, 3.8) is 0 Å². The molecule has 0 heterocycles. The third-order valence-electron chi connectivity index (χ3n) is 7.23. The van der Waals surface area contributed by atoms with Crippen LogP contribution in [0.5, 0.6) is 0 Å². The molecule has 0 fully saturated rings. The molecule has 0 nitrogen and oxygen atoms in total. The first-order chi connectivity index (χ1) is 13.9. The molecule has 0 aliphatic heterocycles. The van der Waals surface area contributed by atoms with E-state index in [4.69, 9.17) is 17.0 Å². The van der Waals surface area contributed by atoms with Gasteiger partial charge in [-0.2, -0.15) is 0 Å². The third kappa shape index (κ3) is 4.62. The predicted molar refractivity (Wildman–Crippen MR) is 130 cm³/mol. The molecule has 2 unspecified atom stereocenters. The van der Waals surface area contributed by atoms with Crippen molar-refractivity contribution in [1.82, 2.24) is 0 Å². The summed E-state index contributed by atoms with van der Waals surface area (Å²) in [6, 6.07) is 17.5. The second-order valence-electron chi connectivity index (χ2n) is 9.26. The van der Waals surface area contributed by atoms with Crippen molar-refractivity contribution < 1.29 is 15.6 Å². The van der Waals surface area contributed by atoms with Gasteiger partial charge in [0.1, 0.15) is 0 Å². The van der Waals surface area contributed by atoms with Gasteiger partial charge in [-0.1, -0.05) is 0 Å². The number of benzene rings is 2. The van der Waals surface area contributed by atoms with Crippen LogP contribution in [-0.2, 0) is 15.6 Å². The number of hydrogen-bond acceptors (Lipinski definition) is 0. The number of hydrogen-bond donors (Lipinski definition) is 0. The molecule has 0 N–H and O–H groups in total. The normalized spacial score (nSPS) is 21.2. The molecule has 0 aromatic heterocycles. The summed E-state index contributed by atoms with van der Waals surface area (Å²) in [4.78, 5) is 0. The Labute approximate surface area is 184 Å². The Hall–Kier alpha value is -0.400. The Kier molecular flexibility index (Phi) is 6.48. The zero-order chi connectivity index (χ0) is 20.5. The fourth-order valence-corrected chi connectivity index (χ4v) is 24.8. The van der Waals surface area contributed by atoms with Crippen molar-refractivity contribution in [3.8, 4) is 0 Å². The SMILES string of the molecule is C[SiH](C)[Zr]([Cl])([Cl])([CH2]CCC1C=Cc2ccccc21)[CH2]CC1C=Cc2ccccc21. The van der Waals surface area contributed by atoms with Gasteiger partial charge in [0.25, 0.3) is 0 Å². The first-order valence-electron chi connectivity index (χ1n) is 11.0. The number of allylic oxidation sites excluding steroid dienone is 2. The molecule has 2 aliphatic carbocycles. The molecule has 0 amide bonds. The average Bonchev–Trinajstić information content (AvgIpc) is 3.31. The van der Waals surface area contributed by atoms with Gasteiger partial charge in [0, 0.05) is 0 Å². The molecule has 0 spiro atoms. The monoisotopic (exact) mass is 519 g/mol. The van der Waals surface area contributed by atoms with Crippen molar-refractivity contribution in [1.29, 1.82) is 0 Å². The van der Waals surface area contributed by atoms with E-state index in [-0.39, 0.29) is 0 Å². The summed E-state index contributed by atoms with van der Waals surface area (Å²) >= 11 is -3.67. The molecule has 29 heavy (non-hydrogen) atoms. The topological polar surface area (TPSA) is 0 Å². The second kappa shape index (κ2) is 8.62. The first kappa shape index (κ1) is 21.8. The predicted octanol–water partition coefficient (Wildman–Crippen LogP) is 8.60. The van der Waals surface area contributed by atoms with Crippen molar-refractivity contribution in [2.45, 2.75) is 52.4 Å². The summed E-state index contributed by atoms with van der Waals surface area (Å²) < 4.78 is 2.17. The van der Waals surface area contributed by atoms with E-state index in [2.05, 4.69) is 85.9 Å². The first-order valence-corrected chi connectivity index (χ1v) is 27.9. The molecule has 0 radical (unpaired) electrons. The van der Waals surface area contributed by atoms with E-state index in [9.17, 15) is 0 Å². The maximum absolute atomic E-state index is 7.52. The van der Waals surface area contributed by atoms with Gasteiger partial charge in [-0.15, -0.1) is 0 Å². The average molecular weight is 522 g/mol. The van der Waals surface area contributed by atoms with Crippen LogP contribution in [0.2, 0.25) is 21.4 Å². The number of rotatable bonds is 8. The zero-order valence-electron chi connectivity index (χ0n) is 17.5. The Morgan fingerprint density at radius 3 is 1.83 bits per heavy atom. The Balaban J connectivity index is 1.39. The van der Waals surface area contributed by atoms with Gasteiger partial charge in [0.05, 0.1) is 0 Å².